The molecule has 1 aromatic rings. The standard InChI is InChI=1S/C14H22N4O/c1-5-15-11-16-14(1)17-13-2-6-18(7-3-13)9-12-4-8-19-10-12/h1,5,11-13H,2-4,6-10H2,(H,15,16,17). The van der Waals surface area contributed by atoms with Gasteiger partial charge in [-0.25, -0.2) is 9.97 Å². The van der Waals surface area contributed by atoms with E-state index in [1.807, 2.05) is 6.07 Å². The van der Waals surface area contributed by atoms with Crippen LogP contribution in [0.1, 0.15) is 19.3 Å². The van der Waals surface area contributed by atoms with Crippen molar-refractivity contribution in [2.24, 2.45) is 5.92 Å². The fourth-order valence-electron chi connectivity index (χ4n) is 2.94. The van der Waals surface area contributed by atoms with Gasteiger partial charge in [0.05, 0.1) is 6.61 Å². The average Bonchev–Trinajstić information content (AvgIpc) is 2.95. The number of likely N-dealkylation sites (tertiary alicyclic amines) is 1. The Bertz CT molecular complexity index is 372. The molecule has 0 aliphatic carbocycles. The summed E-state index contributed by atoms with van der Waals surface area (Å²) >= 11 is 0. The van der Waals surface area contributed by atoms with E-state index < -0.39 is 0 Å². The highest BCUT2D eigenvalue weighted by Gasteiger charge is 2.23. The monoisotopic (exact) mass is 262 g/mol. The van der Waals surface area contributed by atoms with Crippen LogP contribution in [0.25, 0.3) is 0 Å². The van der Waals surface area contributed by atoms with E-state index in [0.717, 1.165) is 24.9 Å². The summed E-state index contributed by atoms with van der Waals surface area (Å²) in [6.07, 6.45) is 7.00. The number of hydrogen-bond acceptors (Lipinski definition) is 5. The van der Waals surface area contributed by atoms with Crippen LogP contribution in [0.2, 0.25) is 0 Å². The predicted octanol–water partition coefficient (Wildman–Crippen LogP) is 1.39. The summed E-state index contributed by atoms with van der Waals surface area (Å²) in [5, 5.41) is 3.49. The van der Waals surface area contributed by atoms with Gasteiger partial charge in [-0.15, -0.1) is 0 Å². The van der Waals surface area contributed by atoms with E-state index in [2.05, 4.69) is 20.2 Å². The summed E-state index contributed by atoms with van der Waals surface area (Å²) in [4.78, 5) is 10.7. The van der Waals surface area contributed by atoms with Crippen molar-refractivity contribution in [1.82, 2.24) is 14.9 Å². The van der Waals surface area contributed by atoms with Gasteiger partial charge in [-0.3, -0.25) is 0 Å². The molecule has 19 heavy (non-hydrogen) atoms. The minimum absolute atomic E-state index is 0.547. The number of rotatable bonds is 4. The van der Waals surface area contributed by atoms with Gasteiger partial charge in [-0.05, 0) is 31.2 Å². The van der Waals surface area contributed by atoms with E-state index in [4.69, 9.17) is 4.74 Å². The third-order valence-electron chi connectivity index (χ3n) is 4.06. The molecular weight excluding hydrogens is 240 g/mol. The van der Waals surface area contributed by atoms with Gasteiger partial charge >= 0.3 is 0 Å². The number of aromatic nitrogens is 2. The number of ether oxygens (including phenoxy) is 1. The van der Waals surface area contributed by atoms with Crippen molar-refractivity contribution in [3.05, 3.63) is 18.6 Å². The highest BCUT2D eigenvalue weighted by Crippen LogP contribution is 2.19. The lowest BCUT2D eigenvalue weighted by molar-refractivity contribution is 0.154. The zero-order valence-corrected chi connectivity index (χ0v) is 11.3. The first-order valence-corrected chi connectivity index (χ1v) is 7.23. The third-order valence-corrected chi connectivity index (χ3v) is 4.06. The maximum Gasteiger partial charge on any atom is 0.129 e. The van der Waals surface area contributed by atoms with Gasteiger partial charge in [0, 0.05) is 38.5 Å². The number of hydrogen-bond donors (Lipinski definition) is 1. The van der Waals surface area contributed by atoms with Crippen LogP contribution in [0.4, 0.5) is 5.82 Å². The Hall–Kier alpha value is -1.20. The van der Waals surface area contributed by atoms with Gasteiger partial charge < -0.3 is 15.0 Å². The fraction of sp³-hybridized carbons (Fsp3) is 0.714. The molecule has 0 radical (unpaired) electrons. The van der Waals surface area contributed by atoms with Crippen molar-refractivity contribution in [2.45, 2.75) is 25.3 Å². The molecule has 5 heteroatoms. The quantitative estimate of drug-likeness (QED) is 0.888. The summed E-state index contributed by atoms with van der Waals surface area (Å²) in [6.45, 7) is 5.48. The molecular formula is C14H22N4O. The molecule has 2 aliphatic heterocycles. The molecule has 1 atom stereocenters. The largest absolute Gasteiger partial charge is 0.381 e. The Labute approximate surface area is 114 Å². The highest BCUT2D eigenvalue weighted by atomic mass is 16.5. The number of anilines is 1. The van der Waals surface area contributed by atoms with Crippen LogP contribution in [0.15, 0.2) is 18.6 Å². The molecule has 1 N–H and O–H groups in total. The zero-order valence-electron chi connectivity index (χ0n) is 11.3. The maximum atomic E-state index is 5.45. The van der Waals surface area contributed by atoms with Gasteiger partial charge in [0.1, 0.15) is 12.1 Å². The van der Waals surface area contributed by atoms with E-state index >= 15 is 0 Å². The van der Waals surface area contributed by atoms with Crippen molar-refractivity contribution in [3.8, 4) is 0 Å². The molecule has 0 spiro atoms. The molecule has 1 aromatic heterocycles. The lowest BCUT2D eigenvalue weighted by Gasteiger charge is -2.33. The van der Waals surface area contributed by atoms with Gasteiger partial charge in [-0.2, -0.15) is 0 Å². The summed E-state index contributed by atoms with van der Waals surface area (Å²) in [6, 6.07) is 2.48. The zero-order chi connectivity index (χ0) is 12.9. The van der Waals surface area contributed by atoms with Gasteiger partial charge in [0.2, 0.25) is 0 Å². The molecule has 2 fully saturated rings. The molecule has 104 valence electrons. The van der Waals surface area contributed by atoms with Crippen molar-refractivity contribution in [3.63, 3.8) is 0 Å². The first-order chi connectivity index (χ1) is 9.40. The molecule has 3 heterocycles. The highest BCUT2D eigenvalue weighted by molar-refractivity contribution is 5.33. The van der Waals surface area contributed by atoms with Crippen LogP contribution in [0.3, 0.4) is 0 Å². The lowest BCUT2D eigenvalue weighted by atomic mass is 10.0. The van der Waals surface area contributed by atoms with Crippen molar-refractivity contribution < 1.29 is 4.74 Å². The van der Waals surface area contributed by atoms with Crippen LogP contribution >= 0.6 is 0 Å². The fourth-order valence-corrected chi connectivity index (χ4v) is 2.94. The Balaban J connectivity index is 1.41. The van der Waals surface area contributed by atoms with Crippen LogP contribution in [0.5, 0.6) is 0 Å². The second-order valence-electron chi connectivity index (χ2n) is 5.54. The van der Waals surface area contributed by atoms with E-state index in [0.29, 0.717) is 6.04 Å². The van der Waals surface area contributed by atoms with Gasteiger partial charge in [-0.1, -0.05) is 0 Å². The summed E-state index contributed by atoms with van der Waals surface area (Å²) < 4.78 is 5.45. The Morgan fingerprint density at radius 1 is 1.32 bits per heavy atom. The summed E-state index contributed by atoms with van der Waals surface area (Å²) in [7, 11) is 0. The van der Waals surface area contributed by atoms with E-state index in [-0.39, 0.29) is 0 Å². The molecule has 0 bridgehead atoms. The van der Waals surface area contributed by atoms with Crippen LogP contribution in [0, 0.1) is 5.92 Å². The SMILES string of the molecule is c1cc(NC2CCN(CC3CCOC3)CC2)ncn1. The van der Waals surface area contributed by atoms with Crippen LogP contribution < -0.4 is 5.32 Å². The van der Waals surface area contributed by atoms with Crippen molar-refractivity contribution >= 4 is 5.82 Å². The van der Waals surface area contributed by atoms with Crippen LogP contribution in [-0.4, -0.2) is 53.8 Å². The second-order valence-corrected chi connectivity index (χ2v) is 5.54. The predicted molar refractivity (Wildman–Crippen MR) is 74.0 cm³/mol. The normalized spacial score (nSPS) is 25.6. The van der Waals surface area contributed by atoms with E-state index in [1.54, 1.807) is 12.5 Å². The Morgan fingerprint density at radius 2 is 2.21 bits per heavy atom. The maximum absolute atomic E-state index is 5.45. The minimum atomic E-state index is 0.547. The Kier molecular flexibility index (Phi) is 4.25. The second kappa shape index (κ2) is 6.30. The first kappa shape index (κ1) is 12.8. The Morgan fingerprint density at radius 3 is 2.89 bits per heavy atom. The van der Waals surface area contributed by atoms with Crippen molar-refractivity contribution in [1.29, 1.82) is 0 Å². The summed E-state index contributed by atoms with van der Waals surface area (Å²) in [5.74, 6) is 1.70. The average molecular weight is 262 g/mol. The lowest BCUT2D eigenvalue weighted by Crippen LogP contribution is -2.41. The van der Waals surface area contributed by atoms with Gasteiger partial charge in [0.25, 0.3) is 0 Å². The van der Waals surface area contributed by atoms with Crippen molar-refractivity contribution in [2.75, 3.05) is 38.2 Å². The molecule has 2 aliphatic rings. The first-order valence-electron chi connectivity index (χ1n) is 7.23. The number of nitrogens with one attached hydrogen (secondary N) is 1. The topological polar surface area (TPSA) is 50.3 Å². The van der Waals surface area contributed by atoms with E-state index in [9.17, 15) is 0 Å². The van der Waals surface area contributed by atoms with Gasteiger partial charge in [0.15, 0.2) is 0 Å². The third kappa shape index (κ3) is 3.64. The molecule has 1 unspecified atom stereocenters. The molecule has 0 amide bonds. The molecule has 0 aromatic carbocycles. The molecule has 5 nitrogen and oxygen atoms in total. The smallest absolute Gasteiger partial charge is 0.129 e. The molecule has 2 saturated heterocycles. The van der Waals surface area contributed by atoms with E-state index in [1.165, 1.54) is 38.9 Å². The minimum Gasteiger partial charge on any atom is -0.381 e. The number of nitrogens with zero attached hydrogens (tertiary/aromatic N) is 3. The van der Waals surface area contributed by atoms with Crippen LogP contribution in [-0.2, 0) is 4.74 Å². The molecule has 3 rings (SSSR count). The summed E-state index contributed by atoms with van der Waals surface area (Å²) in [5.41, 5.74) is 0. The molecule has 0 saturated carbocycles. The number of piperidine rings is 1.